The number of rotatable bonds is 6. The Labute approximate surface area is 150 Å². The van der Waals surface area contributed by atoms with Crippen LogP contribution in [0.4, 0.5) is 5.69 Å². The van der Waals surface area contributed by atoms with Crippen molar-refractivity contribution in [2.45, 2.75) is 13.0 Å². The van der Waals surface area contributed by atoms with E-state index in [4.69, 9.17) is 28.9 Å². The van der Waals surface area contributed by atoms with Crippen molar-refractivity contribution in [1.82, 2.24) is 0 Å². The van der Waals surface area contributed by atoms with E-state index in [9.17, 15) is 9.59 Å². The number of nitrogens with two attached hydrogens (primary N) is 2. The molecule has 0 aliphatic carbocycles. The number of carbonyl (C=O) groups excluding carboxylic acids is 2. The number of hydrogen-bond donors (Lipinski definition) is 3. The number of nitrogens with one attached hydrogen (secondary N) is 1. The minimum Gasteiger partial charge on any atom is -0.366 e. The number of amides is 2. The van der Waals surface area contributed by atoms with E-state index in [0.717, 1.165) is 5.56 Å². The number of anilines is 1. The van der Waals surface area contributed by atoms with Gasteiger partial charge < -0.3 is 16.4 Å². The Bertz CT molecular complexity index is 748. The zero-order valence-corrected chi connectivity index (χ0v) is 14.6. The Morgan fingerprint density at radius 3 is 2.42 bits per heavy atom. The average molecular weight is 367 g/mol. The molecule has 5 nitrogen and oxygen atoms in total. The Morgan fingerprint density at radius 2 is 1.83 bits per heavy atom. The maximum atomic E-state index is 12.0. The van der Waals surface area contributed by atoms with Gasteiger partial charge in [0.15, 0.2) is 6.54 Å². The summed E-state index contributed by atoms with van der Waals surface area (Å²) in [5.41, 5.74) is 7.09. The van der Waals surface area contributed by atoms with E-state index in [1.54, 1.807) is 36.4 Å². The molecule has 0 radical (unpaired) electrons. The molecule has 0 aromatic heterocycles. The summed E-state index contributed by atoms with van der Waals surface area (Å²) in [6.07, 6.45) is 0. The maximum absolute atomic E-state index is 12.0. The average Bonchev–Trinajstić information content (AvgIpc) is 2.53. The number of primary amides is 1. The molecule has 0 fully saturated rings. The van der Waals surface area contributed by atoms with Crippen LogP contribution in [0.1, 0.15) is 28.9 Å². The molecule has 24 heavy (non-hydrogen) atoms. The first-order valence-corrected chi connectivity index (χ1v) is 8.10. The van der Waals surface area contributed by atoms with Crippen molar-refractivity contribution in [2.24, 2.45) is 5.73 Å². The molecule has 0 aliphatic rings. The van der Waals surface area contributed by atoms with Crippen molar-refractivity contribution in [3.63, 3.8) is 0 Å². The summed E-state index contributed by atoms with van der Waals surface area (Å²) in [6, 6.07) is 11.7. The van der Waals surface area contributed by atoms with E-state index in [-0.39, 0.29) is 18.5 Å². The van der Waals surface area contributed by atoms with Crippen LogP contribution in [0.5, 0.6) is 0 Å². The molecule has 0 unspecified atom stereocenters. The molecular formula is C17H18Cl2N3O2+. The highest BCUT2D eigenvalue weighted by molar-refractivity contribution is 6.35. The molecule has 5 N–H and O–H groups in total. The topological polar surface area (TPSA) is 88.8 Å². The Hall–Kier alpha value is -2.08. The third kappa shape index (κ3) is 4.96. The first-order chi connectivity index (χ1) is 11.4. The largest absolute Gasteiger partial charge is 0.366 e. The molecule has 0 aliphatic heterocycles. The fourth-order valence-corrected chi connectivity index (χ4v) is 2.79. The standard InChI is InChI=1S/C17H17Cl2N3O2/c1-10(14-7-4-12(18)8-15(14)19)21-9-16(23)22-13-5-2-11(3-6-13)17(20)24/h2-8,10,21H,9H2,1H3,(H2,20,24)(H,22,23)/p+1/t10-/m0/s1. The molecule has 2 aromatic carbocycles. The molecule has 0 bridgehead atoms. The van der Waals surface area contributed by atoms with Gasteiger partial charge in [-0.05, 0) is 43.3 Å². The van der Waals surface area contributed by atoms with Gasteiger partial charge in [-0.2, -0.15) is 0 Å². The summed E-state index contributed by atoms with van der Waals surface area (Å²) in [5.74, 6) is -0.659. The van der Waals surface area contributed by atoms with Crippen molar-refractivity contribution < 1.29 is 14.9 Å². The number of quaternary nitrogens is 1. The summed E-state index contributed by atoms with van der Waals surface area (Å²) in [4.78, 5) is 23.0. The normalized spacial score (nSPS) is 11.8. The van der Waals surface area contributed by atoms with E-state index >= 15 is 0 Å². The van der Waals surface area contributed by atoms with E-state index in [2.05, 4.69) is 5.32 Å². The molecule has 0 heterocycles. The molecule has 0 saturated heterocycles. The number of carbonyl (C=O) groups is 2. The molecule has 1 atom stereocenters. The second-order valence-corrected chi connectivity index (χ2v) is 6.23. The molecule has 0 saturated carbocycles. The van der Waals surface area contributed by atoms with Crippen LogP contribution in [-0.2, 0) is 4.79 Å². The van der Waals surface area contributed by atoms with Gasteiger partial charge in [0.25, 0.3) is 5.91 Å². The molecule has 2 rings (SSSR count). The van der Waals surface area contributed by atoms with E-state index in [1.807, 2.05) is 18.3 Å². The third-order valence-electron chi connectivity index (χ3n) is 3.56. The van der Waals surface area contributed by atoms with E-state index in [1.165, 1.54) is 0 Å². The van der Waals surface area contributed by atoms with Crippen molar-refractivity contribution in [1.29, 1.82) is 0 Å². The van der Waals surface area contributed by atoms with Gasteiger partial charge >= 0.3 is 0 Å². The van der Waals surface area contributed by atoms with Crippen molar-refractivity contribution >= 4 is 40.7 Å². The van der Waals surface area contributed by atoms with Crippen molar-refractivity contribution in [3.8, 4) is 0 Å². The van der Waals surface area contributed by atoms with Crippen molar-refractivity contribution in [3.05, 3.63) is 63.6 Å². The van der Waals surface area contributed by atoms with Crippen LogP contribution in [0.15, 0.2) is 42.5 Å². The van der Waals surface area contributed by atoms with Crippen LogP contribution in [0, 0.1) is 0 Å². The van der Waals surface area contributed by atoms with Gasteiger partial charge in [0, 0.05) is 21.8 Å². The highest BCUT2D eigenvalue weighted by Gasteiger charge is 2.15. The smallest absolute Gasteiger partial charge is 0.279 e. The summed E-state index contributed by atoms with van der Waals surface area (Å²) in [6.45, 7) is 2.20. The fourth-order valence-electron chi connectivity index (χ4n) is 2.21. The third-order valence-corrected chi connectivity index (χ3v) is 4.13. The Morgan fingerprint density at radius 1 is 1.17 bits per heavy atom. The van der Waals surface area contributed by atoms with Crippen LogP contribution in [-0.4, -0.2) is 18.4 Å². The van der Waals surface area contributed by atoms with Crippen molar-refractivity contribution in [2.75, 3.05) is 11.9 Å². The first kappa shape index (κ1) is 18.3. The van der Waals surface area contributed by atoms with Crippen LogP contribution in [0.25, 0.3) is 0 Å². The Kier molecular flexibility index (Phi) is 6.20. The van der Waals surface area contributed by atoms with Gasteiger partial charge in [-0.3, -0.25) is 9.59 Å². The summed E-state index contributed by atoms with van der Waals surface area (Å²) in [5, 5.41) is 5.79. The van der Waals surface area contributed by atoms with Crippen LogP contribution >= 0.6 is 23.2 Å². The van der Waals surface area contributed by atoms with Gasteiger partial charge in [-0.1, -0.05) is 29.3 Å². The minimum atomic E-state index is -0.505. The van der Waals surface area contributed by atoms with Gasteiger partial charge in [-0.15, -0.1) is 0 Å². The zero-order valence-electron chi connectivity index (χ0n) is 13.1. The van der Waals surface area contributed by atoms with Crippen LogP contribution < -0.4 is 16.4 Å². The first-order valence-electron chi connectivity index (χ1n) is 7.35. The predicted molar refractivity (Wildman–Crippen MR) is 95.3 cm³/mol. The number of benzene rings is 2. The van der Waals surface area contributed by atoms with Gasteiger partial charge in [0.05, 0.1) is 5.02 Å². The molecule has 0 spiro atoms. The van der Waals surface area contributed by atoms with Gasteiger partial charge in [0.2, 0.25) is 5.91 Å². The predicted octanol–water partition coefficient (Wildman–Crippen LogP) is 2.36. The Balaban J connectivity index is 1.89. The second-order valence-electron chi connectivity index (χ2n) is 5.38. The quantitative estimate of drug-likeness (QED) is 0.732. The number of halogens is 2. The minimum absolute atomic E-state index is 0.0118. The summed E-state index contributed by atoms with van der Waals surface area (Å²) in [7, 11) is 0. The molecular weight excluding hydrogens is 349 g/mol. The lowest BCUT2D eigenvalue weighted by Crippen LogP contribution is -2.86. The van der Waals surface area contributed by atoms with Gasteiger partial charge in [0.1, 0.15) is 6.04 Å². The van der Waals surface area contributed by atoms with E-state index < -0.39 is 5.91 Å². The second kappa shape index (κ2) is 8.15. The molecule has 2 aromatic rings. The SMILES string of the molecule is C[C@H]([NH2+]CC(=O)Nc1ccc(C(N)=O)cc1)c1ccc(Cl)cc1Cl. The lowest BCUT2D eigenvalue weighted by Gasteiger charge is -2.13. The van der Waals surface area contributed by atoms with Crippen LogP contribution in [0.2, 0.25) is 10.0 Å². The molecule has 7 heteroatoms. The van der Waals surface area contributed by atoms with Crippen LogP contribution in [0.3, 0.4) is 0 Å². The highest BCUT2D eigenvalue weighted by Crippen LogP contribution is 2.24. The summed E-state index contributed by atoms with van der Waals surface area (Å²) >= 11 is 12.0. The zero-order chi connectivity index (χ0) is 17.7. The molecule has 2 amide bonds. The number of hydrogen-bond acceptors (Lipinski definition) is 2. The lowest BCUT2D eigenvalue weighted by atomic mass is 10.1. The van der Waals surface area contributed by atoms with E-state index in [0.29, 0.717) is 21.3 Å². The summed E-state index contributed by atoms with van der Waals surface area (Å²) < 4.78 is 0. The molecule has 126 valence electrons. The monoisotopic (exact) mass is 366 g/mol. The highest BCUT2D eigenvalue weighted by atomic mass is 35.5. The van der Waals surface area contributed by atoms with Gasteiger partial charge in [-0.25, -0.2) is 0 Å². The lowest BCUT2D eigenvalue weighted by molar-refractivity contribution is -0.682. The maximum Gasteiger partial charge on any atom is 0.279 e. The fraction of sp³-hybridized carbons (Fsp3) is 0.176.